The molecule has 1 heterocycles. The highest BCUT2D eigenvalue weighted by atomic mass is 19.1. The number of nitrogens with zero attached hydrogens (tertiary/aromatic N) is 1. The molecule has 22 heavy (non-hydrogen) atoms. The first-order valence-corrected chi connectivity index (χ1v) is 8.34. The summed E-state index contributed by atoms with van der Waals surface area (Å²) in [5.41, 5.74) is 6.11. The fourth-order valence-corrected chi connectivity index (χ4v) is 4.26. The molecule has 2 unspecified atom stereocenters. The van der Waals surface area contributed by atoms with Crippen molar-refractivity contribution in [2.24, 2.45) is 11.7 Å². The van der Waals surface area contributed by atoms with E-state index in [0.717, 1.165) is 44.2 Å². The Morgan fingerprint density at radius 1 is 1.41 bits per heavy atom. The van der Waals surface area contributed by atoms with Crippen LogP contribution in [-0.4, -0.2) is 29.9 Å². The molecule has 1 aliphatic carbocycles. The maximum absolute atomic E-state index is 13.7. The Hall–Kier alpha value is -1.42. The van der Waals surface area contributed by atoms with E-state index < -0.39 is 5.41 Å². The first-order chi connectivity index (χ1) is 10.6. The third kappa shape index (κ3) is 2.54. The van der Waals surface area contributed by atoms with Gasteiger partial charge in [-0.05, 0) is 56.3 Å². The van der Waals surface area contributed by atoms with Crippen LogP contribution in [-0.2, 0) is 10.2 Å². The number of likely N-dealkylation sites (tertiary alicyclic amines) is 1. The quantitative estimate of drug-likeness (QED) is 0.933. The van der Waals surface area contributed by atoms with Gasteiger partial charge in [-0.15, -0.1) is 0 Å². The fraction of sp³-hybridized carbons (Fsp3) is 0.611. The number of rotatable bonds is 3. The summed E-state index contributed by atoms with van der Waals surface area (Å²) in [6.07, 6.45) is 4.69. The molecule has 2 fully saturated rings. The highest BCUT2D eigenvalue weighted by molar-refractivity contribution is 5.89. The van der Waals surface area contributed by atoms with Crippen LogP contribution in [0.4, 0.5) is 4.39 Å². The molecule has 3 nitrogen and oxygen atoms in total. The molecular weight excluding hydrogens is 279 g/mol. The molecule has 0 aromatic heterocycles. The Kier molecular flexibility index (Phi) is 4.22. The molecule has 2 N–H and O–H groups in total. The molecule has 0 radical (unpaired) electrons. The van der Waals surface area contributed by atoms with Crippen LogP contribution >= 0.6 is 0 Å². The molecule has 3 rings (SSSR count). The Balaban J connectivity index is 1.93. The van der Waals surface area contributed by atoms with Gasteiger partial charge in [0.2, 0.25) is 5.91 Å². The smallest absolute Gasteiger partial charge is 0.233 e. The SMILES string of the molecule is CC1CC(CN)CN1C(=O)C1(c2cccc(F)c2)CCCC1. The summed E-state index contributed by atoms with van der Waals surface area (Å²) >= 11 is 0. The monoisotopic (exact) mass is 304 g/mol. The molecule has 1 amide bonds. The Labute approximate surface area is 131 Å². The van der Waals surface area contributed by atoms with E-state index in [0.29, 0.717) is 12.5 Å². The highest BCUT2D eigenvalue weighted by Gasteiger charge is 2.47. The van der Waals surface area contributed by atoms with Gasteiger partial charge in [-0.2, -0.15) is 0 Å². The van der Waals surface area contributed by atoms with E-state index in [2.05, 4.69) is 6.92 Å². The number of carbonyl (C=O) groups excluding carboxylic acids is 1. The lowest BCUT2D eigenvalue weighted by Crippen LogP contribution is -2.47. The van der Waals surface area contributed by atoms with Gasteiger partial charge in [-0.25, -0.2) is 4.39 Å². The first-order valence-electron chi connectivity index (χ1n) is 8.34. The molecule has 1 saturated carbocycles. The topological polar surface area (TPSA) is 46.3 Å². The molecule has 1 aromatic carbocycles. The van der Waals surface area contributed by atoms with Crippen molar-refractivity contribution in [2.45, 2.75) is 50.5 Å². The summed E-state index contributed by atoms with van der Waals surface area (Å²) in [7, 11) is 0. The molecule has 120 valence electrons. The van der Waals surface area contributed by atoms with Crippen molar-refractivity contribution in [3.05, 3.63) is 35.6 Å². The van der Waals surface area contributed by atoms with Crippen molar-refractivity contribution in [3.63, 3.8) is 0 Å². The first kappa shape index (κ1) is 15.5. The van der Waals surface area contributed by atoms with Crippen LogP contribution in [0.2, 0.25) is 0 Å². The average molecular weight is 304 g/mol. The minimum absolute atomic E-state index is 0.180. The molecule has 2 aliphatic rings. The van der Waals surface area contributed by atoms with Crippen LogP contribution in [0.3, 0.4) is 0 Å². The van der Waals surface area contributed by atoms with Crippen LogP contribution in [0.15, 0.2) is 24.3 Å². The average Bonchev–Trinajstić information content (AvgIpc) is 3.14. The number of carbonyl (C=O) groups is 1. The van der Waals surface area contributed by atoms with E-state index in [1.165, 1.54) is 6.07 Å². The largest absolute Gasteiger partial charge is 0.339 e. The van der Waals surface area contributed by atoms with Gasteiger partial charge >= 0.3 is 0 Å². The fourth-order valence-electron chi connectivity index (χ4n) is 4.26. The maximum Gasteiger partial charge on any atom is 0.233 e. The third-order valence-corrected chi connectivity index (χ3v) is 5.50. The Morgan fingerprint density at radius 3 is 2.73 bits per heavy atom. The lowest BCUT2D eigenvalue weighted by atomic mass is 9.77. The second-order valence-electron chi connectivity index (χ2n) is 6.94. The van der Waals surface area contributed by atoms with E-state index in [-0.39, 0.29) is 17.8 Å². The van der Waals surface area contributed by atoms with Crippen molar-refractivity contribution < 1.29 is 9.18 Å². The lowest BCUT2D eigenvalue weighted by molar-refractivity contribution is -0.138. The minimum atomic E-state index is -0.528. The van der Waals surface area contributed by atoms with Crippen molar-refractivity contribution in [1.29, 1.82) is 0 Å². The van der Waals surface area contributed by atoms with E-state index in [4.69, 9.17) is 5.73 Å². The van der Waals surface area contributed by atoms with Crippen molar-refractivity contribution in [2.75, 3.05) is 13.1 Å². The standard InChI is InChI=1S/C18H25FN2O/c1-13-9-14(11-20)12-21(13)17(22)18(7-2-3-8-18)15-5-4-6-16(19)10-15/h4-6,10,13-14H,2-3,7-9,11-12,20H2,1H3. The maximum atomic E-state index is 13.7. The zero-order chi connectivity index (χ0) is 15.7. The molecule has 0 spiro atoms. The second kappa shape index (κ2) is 5.99. The van der Waals surface area contributed by atoms with Gasteiger partial charge < -0.3 is 10.6 Å². The molecule has 1 saturated heterocycles. The Bertz CT molecular complexity index is 554. The minimum Gasteiger partial charge on any atom is -0.339 e. The van der Waals surface area contributed by atoms with Crippen LogP contribution in [0.25, 0.3) is 0 Å². The molecule has 2 atom stereocenters. The second-order valence-corrected chi connectivity index (χ2v) is 6.94. The Morgan fingerprint density at radius 2 is 2.14 bits per heavy atom. The summed E-state index contributed by atoms with van der Waals surface area (Å²) < 4.78 is 13.7. The van der Waals surface area contributed by atoms with Crippen molar-refractivity contribution in [3.8, 4) is 0 Å². The van der Waals surface area contributed by atoms with Gasteiger partial charge in [0.25, 0.3) is 0 Å². The van der Waals surface area contributed by atoms with Crippen LogP contribution in [0, 0.1) is 11.7 Å². The predicted octanol–water partition coefficient (Wildman–Crippen LogP) is 2.83. The van der Waals surface area contributed by atoms with E-state index in [1.54, 1.807) is 12.1 Å². The predicted molar refractivity (Wildman–Crippen MR) is 84.9 cm³/mol. The zero-order valence-electron chi connectivity index (χ0n) is 13.2. The van der Waals surface area contributed by atoms with Gasteiger partial charge in [0.1, 0.15) is 5.82 Å². The van der Waals surface area contributed by atoms with E-state index in [9.17, 15) is 9.18 Å². The van der Waals surface area contributed by atoms with E-state index in [1.807, 2.05) is 11.0 Å². The van der Waals surface area contributed by atoms with E-state index >= 15 is 0 Å². The van der Waals surface area contributed by atoms with Crippen LogP contribution in [0.5, 0.6) is 0 Å². The lowest BCUT2D eigenvalue weighted by Gasteiger charge is -2.35. The summed E-state index contributed by atoms with van der Waals surface area (Å²) in [4.78, 5) is 15.3. The van der Waals surface area contributed by atoms with Crippen LogP contribution < -0.4 is 5.73 Å². The number of halogens is 1. The number of nitrogens with two attached hydrogens (primary N) is 1. The highest BCUT2D eigenvalue weighted by Crippen LogP contribution is 2.44. The summed E-state index contributed by atoms with van der Waals surface area (Å²) in [6, 6.07) is 6.85. The molecule has 4 heteroatoms. The number of hydrogen-bond donors (Lipinski definition) is 1. The molecule has 0 bridgehead atoms. The summed E-state index contributed by atoms with van der Waals surface area (Å²) in [6.45, 7) is 3.47. The molecule has 1 aliphatic heterocycles. The van der Waals surface area contributed by atoms with Gasteiger partial charge in [0.15, 0.2) is 0 Å². The van der Waals surface area contributed by atoms with Gasteiger partial charge in [-0.3, -0.25) is 4.79 Å². The van der Waals surface area contributed by atoms with Crippen LogP contribution in [0.1, 0.15) is 44.6 Å². The van der Waals surface area contributed by atoms with Crippen molar-refractivity contribution >= 4 is 5.91 Å². The number of amides is 1. The van der Waals surface area contributed by atoms with Gasteiger partial charge in [0, 0.05) is 12.6 Å². The zero-order valence-corrected chi connectivity index (χ0v) is 13.2. The summed E-state index contributed by atoms with van der Waals surface area (Å²) in [5.74, 6) is 0.315. The normalized spacial score (nSPS) is 27.3. The van der Waals surface area contributed by atoms with Gasteiger partial charge in [-0.1, -0.05) is 25.0 Å². The van der Waals surface area contributed by atoms with Crippen molar-refractivity contribution in [1.82, 2.24) is 4.90 Å². The summed E-state index contributed by atoms with van der Waals surface area (Å²) in [5, 5.41) is 0. The van der Waals surface area contributed by atoms with Gasteiger partial charge in [0.05, 0.1) is 5.41 Å². The number of benzene rings is 1. The third-order valence-electron chi connectivity index (χ3n) is 5.50. The number of hydrogen-bond acceptors (Lipinski definition) is 2. The molecule has 1 aromatic rings. The molecular formula is C18H25FN2O.